The second kappa shape index (κ2) is 4.93. The van der Waals surface area contributed by atoms with E-state index >= 15 is 0 Å². The second-order valence-corrected chi connectivity index (χ2v) is 3.92. The summed E-state index contributed by atoms with van der Waals surface area (Å²) in [5, 5.41) is 0.420. The van der Waals surface area contributed by atoms with Gasteiger partial charge in [-0.2, -0.15) is 0 Å². The minimum Gasteiger partial charge on any atom is -0.289 e. The highest BCUT2D eigenvalue weighted by atomic mass is 35.5. The van der Waals surface area contributed by atoms with Crippen LogP contribution in [-0.4, -0.2) is 12.1 Å². The van der Waals surface area contributed by atoms with Crippen molar-refractivity contribution in [2.75, 3.05) is 0 Å². The Morgan fingerprint density at radius 2 is 1.76 bits per heavy atom. The van der Waals surface area contributed by atoms with Gasteiger partial charge < -0.3 is 0 Å². The molecule has 0 N–H and O–H groups in total. The summed E-state index contributed by atoms with van der Waals surface area (Å²) >= 11 is 5.82. The number of benzene rings is 2. The highest BCUT2D eigenvalue weighted by molar-refractivity contribution is 6.31. The molecule has 2 aromatic carbocycles. The molecule has 3 heteroatoms. The lowest BCUT2D eigenvalue weighted by Gasteiger charge is -2.04. The van der Waals surface area contributed by atoms with Crippen LogP contribution in [0.5, 0.6) is 0 Å². The molecule has 17 heavy (non-hydrogen) atoms. The predicted octanol–water partition coefficient (Wildman–Crippen LogP) is 3.03. The molecule has 2 aromatic rings. The van der Waals surface area contributed by atoms with Gasteiger partial charge in [0, 0.05) is 21.7 Å². The smallest absolute Gasteiger partial charge is 0.234 e. The van der Waals surface area contributed by atoms with Crippen molar-refractivity contribution in [3.05, 3.63) is 70.2 Å². The van der Waals surface area contributed by atoms with Crippen molar-refractivity contribution < 1.29 is 9.59 Å². The normalized spacial score (nSPS) is 9.94. The highest BCUT2D eigenvalue weighted by Gasteiger charge is 2.13. The molecule has 2 rings (SSSR count). The van der Waals surface area contributed by atoms with E-state index in [9.17, 15) is 9.59 Å². The Balaban J connectivity index is 2.50. The van der Waals surface area contributed by atoms with Crippen molar-refractivity contribution in [2.45, 2.75) is 0 Å². The molecule has 0 atom stereocenters. The Kier molecular flexibility index (Phi) is 3.35. The van der Waals surface area contributed by atoms with Gasteiger partial charge in [0.2, 0.25) is 6.29 Å². The molecule has 0 unspecified atom stereocenters. The number of carbonyl (C=O) groups excluding carboxylic acids is 2. The Morgan fingerprint density at radius 1 is 1.06 bits per heavy atom. The molecule has 0 aliphatic rings. The first kappa shape index (κ1) is 11.6. The molecule has 0 fully saturated rings. The molecule has 0 heterocycles. The zero-order valence-electron chi connectivity index (χ0n) is 8.81. The van der Waals surface area contributed by atoms with Gasteiger partial charge in [0.25, 0.3) is 0 Å². The van der Waals surface area contributed by atoms with Gasteiger partial charge in [-0.05, 0) is 18.2 Å². The Bertz CT molecular complexity index is 562. The number of carbonyl (C=O) groups is 1. The fourth-order valence-corrected chi connectivity index (χ4v) is 1.71. The van der Waals surface area contributed by atoms with Crippen molar-refractivity contribution >= 4 is 23.7 Å². The van der Waals surface area contributed by atoms with E-state index in [1.54, 1.807) is 36.6 Å². The van der Waals surface area contributed by atoms with Gasteiger partial charge in [-0.1, -0.05) is 41.9 Å². The van der Waals surface area contributed by atoms with E-state index in [-0.39, 0.29) is 16.9 Å². The molecule has 0 bridgehead atoms. The summed E-state index contributed by atoms with van der Waals surface area (Å²) in [7, 11) is 0. The summed E-state index contributed by atoms with van der Waals surface area (Å²) < 4.78 is 0. The van der Waals surface area contributed by atoms with E-state index in [4.69, 9.17) is 11.6 Å². The Morgan fingerprint density at radius 3 is 2.41 bits per heavy atom. The Hall–Kier alpha value is -1.93. The molecule has 0 amide bonds. The summed E-state index contributed by atoms with van der Waals surface area (Å²) in [4.78, 5) is 22.9. The molecule has 1 radical (unpaired) electrons. The van der Waals surface area contributed by atoms with Crippen molar-refractivity contribution in [1.29, 1.82) is 0 Å². The molecule has 0 spiro atoms. The van der Waals surface area contributed by atoms with E-state index in [1.165, 1.54) is 12.1 Å². The Labute approximate surface area is 104 Å². The van der Waals surface area contributed by atoms with E-state index in [1.807, 2.05) is 6.07 Å². The third-order valence-electron chi connectivity index (χ3n) is 2.37. The van der Waals surface area contributed by atoms with Crippen LogP contribution in [0.2, 0.25) is 5.02 Å². The van der Waals surface area contributed by atoms with Gasteiger partial charge >= 0.3 is 0 Å². The summed E-state index contributed by atoms with van der Waals surface area (Å²) in [5.41, 5.74) is 1.02. The lowest BCUT2D eigenvalue weighted by atomic mass is 9.99. The molecule has 0 saturated carbocycles. The maximum atomic E-state index is 12.1. The van der Waals surface area contributed by atoms with Crippen LogP contribution in [-0.2, 0) is 4.79 Å². The van der Waals surface area contributed by atoms with E-state index < -0.39 is 0 Å². The van der Waals surface area contributed by atoms with Crippen LogP contribution in [0.4, 0.5) is 0 Å². The molecule has 0 aromatic heterocycles. The lowest BCUT2D eigenvalue weighted by molar-refractivity contribution is 0.103. The molecule has 2 nitrogen and oxygen atoms in total. The maximum Gasteiger partial charge on any atom is 0.234 e. The summed E-state index contributed by atoms with van der Waals surface area (Å²) in [6.45, 7) is 0. The maximum absolute atomic E-state index is 12.1. The molecular formula is C14H8ClO2. The monoisotopic (exact) mass is 243 g/mol. The van der Waals surface area contributed by atoms with Crippen molar-refractivity contribution in [3.63, 3.8) is 0 Å². The molecule has 0 aliphatic heterocycles. The number of hydrogen-bond acceptors (Lipinski definition) is 2. The molecular weight excluding hydrogens is 236 g/mol. The first-order chi connectivity index (χ1) is 8.22. The van der Waals surface area contributed by atoms with E-state index in [0.29, 0.717) is 10.6 Å². The first-order valence-corrected chi connectivity index (χ1v) is 5.37. The second-order valence-electron chi connectivity index (χ2n) is 3.49. The van der Waals surface area contributed by atoms with Crippen molar-refractivity contribution in [1.82, 2.24) is 0 Å². The standard InChI is InChI=1S/C14H8ClO2/c15-12-7-6-11(9-16)13(8-12)14(17)10-4-2-1-3-5-10/h1-8H. The van der Waals surface area contributed by atoms with Crippen LogP contribution < -0.4 is 0 Å². The third kappa shape index (κ3) is 2.43. The quantitative estimate of drug-likeness (QED) is 0.777. The van der Waals surface area contributed by atoms with Gasteiger partial charge in [0.1, 0.15) is 0 Å². The largest absolute Gasteiger partial charge is 0.289 e. The number of ketones is 1. The zero-order chi connectivity index (χ0) is 12.3. The molecule has 0 saturated heterocycles. The van der Waals surface area contributed by atoms with Crippen LogP contribution in [0.15, 0.2) is 48.5 Å². The van der Waals surface area contributed by atoms with Crippen LogP contribution >= 0.6 is 11.6 Å². The van der Waals surface area contributed by atoms with Gasteiger partial charge in [-0.25, -0.2) is 0 Å². The van der Waals surface area contributed by atoms with Crippen LogP contribution in [0.1, 0.15) is 21.5 Å². The topological polar surface area (TPSA) is 34.1 Å². The summed E-state index contributed by atoms with van der Waals surface area (Å²) in [6.07, 6.45) is 1.74. The minimum atomic E-state index is -0.230. The third-order valence-corrected chi connectivity index (χ3v) is 2.61. The SMILES string of the molecule is O=[C]c1ccc(Cl)cc1C(=O)c1ccccc1. The van der Waals surface area contributed by atoms with Crippen LogP contribution in [0.3, 0.4) is 0 Å². The van der Waals surface area contributed by atoms with Crippen molar-refractivity contribution in [3.8, 4) is 0 Å². The first-order valence-electron chi connectivity index (χ1n) is 5.00. The lowest BCUT2D eigenvalue weighted by Crippen LogP contribution is -2.05. The average Bonchev–Trinajstić information content (AvgIpc) is 2.39. The van der Waals surface area contributed by atoms with Crippen molar-refractivity contribution in [2.24, 2.45) is 0 Å². The van der Waals surface area contributed by atoms with Gasteiger partial charge in [-0.15, -0.1) is 0 Å². The van der Waals surface area contributed by atoms with Gasteiger partial charge in [-0.3, -0.25) is 9.59 Å². The van der Waals surface area contributed by atoms with Gasteiger partial charge in [0.15, 0.2) is 5.78 Å². The van der Waals surface area contributed by atoms with Gasteiger partial charge in [0.05, 0.1) is 0 Å². The van der Waals surface area contributed by atoms with Crippen LogP contribution in [0.25, 0.3) is 0 Å². The van der Waals surface area contributed by atoms with Crippen LogP contribution in [0, 0.1) is 0 Å². The molecule has 0 aliphatic carbocycles. The number of hydrogen-bond donors (Lipinski definition) is 0. The number of halogens is 1. The van der Waals surface area contributed by atoms with E-state index in [2.05, 4.69) is 0 Å². The van der Waals surface area contributed by atoms with E-state index in [0.717, 1.165) is 0 Å². The predicted molar refractivity (Wildman–Crippen MR) is 66.1 cm³/mol. The molecule has 83 valence electrons. The fraction of sp³-hybridized carbons (Fsp3) is 0. The fourth-order valence-electron chi connectivity index (χ4n) is 1.54. The average molecular weight is 244 g/mol. The highest BCUT2D eigenvalue weighted by Crippen LogP contribution is 2.18. The zero-order valence-corrected chi connectivity index (χ0v) is 9.57. The summed E-state index contributed by atoms with van der Waals surface area (Å²) in [6, 6.07) is 13.3. The summed E-state index contributed by atoms with van der Waals surface area (Å²) in [5.74, 6) is -0.230. The number of rotatable bonds is 3. The minimum absolute atomic E-state index is 0.225.